The molecule has 1 fully saturated rings. The van der Waals surface area contributed by atoms with Crippen molar-refractivity contribution in [2.75, 3.05) is 0 Å². The first-order valence-electron chi connectivity index (χ1n) is 5.56. The molecule has 0 atom stereocenters. The topological polar surface area (TPSA) is 0 Å². The average molecular weight is 245 g/mol. The van der Waals surface area contributed by atoms with E-state index in [0.717, 1.165) is 11.1 Å². The molecule has 0 heterocycles. The van der Waals surface area contributed by atoms with Gasteiger partial charge in [-0.15, -0.1) is 0 Å². The number of halogens is 3. The molecule has 88 valence electrons. The summed E-state index contributed by atoms with van der Waals surface area (Å²) in [5, 5.41) is 0.616. The van der Waals surface area contributed by atoms with Gasteiger partial charge in [-0.1, -0.05) is 37.6 Å². The highest BCUT2D eigenvalue weighted by atomic mass is 35.5. The highest BCUT2D eigenvalue weighted by molar-refractivity contribution is 6.31. The van der Waals surface area contributed by atoms with Crippen molar-refractivity contribution in [2.45, 2.75) is 44.4 Å². The van der Waals surface area contributed by atoms with Crippen LogP contribution in [0.15, 0.2) is 18.2 Å². The van der Waals surface area contributed by atoms with E-state index in [1.54, 1.807) is 0 Å². The monoisotopic (exact) mass is 244 g/mol. The van der Waals surface area contributed by atoms with Crippen LogP contribution in [0, 0.1) is 0 Å². The van der Waals surface area contributed by atoms with E-state index in [-0.39, 0.29) is 18.8 Å². The number of alkyl halides is 2. The Morgan fingerprint density at radius 1 is 1.31 bits per heavy atom. The minimum atomic E-state index is -2.48. The molecule has 0 nitrogen and oxygen atoms in total. The third kappa shape index (κ3) is 2.22. The lowest BCUT2D eigenvalue weighted by Gasteiger charge is -2.36. The Kier molecular flexibility index (Phi) is 2.95. The van der Waals surface area contributed by atoms with Crippen molar-refractivity contribution in [3.8, 4) is 0 Å². The molecule has 0 radical (unpaired) electrons. The summed E-state index contributed by atoms with van der Waals surface area (Å²) in [6.07, 6.45) is -0.122. The molecule has 0 amide bonds. The van der Waals surface area contributed by atoms with Crippen LogP contribution in [0.1, 0.15) is 49.7 Å². The molecule has 3 heteroatoms. The van der Waals surface area contributed by atoms with Crippen LogP contribution in [0.25, 0.3) is 0 Å². The summed E-state index contributed by atoms with van der Waals surface area (Å²) in [6.45, 7) is 4.17. The summed E-state index contributed by atoms with van der Waals surface area (Å²) in [6, 6.07) is 5.77. The molecule has 1 aromatic carbocycles. The summed E-state index contributed by atoms with van der Waals surface area (Å²) in [5.74, 6) is -2.15. The van der Waals surface area contributed by atoms with Gasteiger partial charge in [0, 0.05) is 17.9 Å². The van der Waals surface area contributed by atoms with Crippen LogP contribution in [-0.2, 0) is 0 Å². The lowest BCUT2D eigenvalue weighted by molar-refractivity contribution is -0.0867. The largest absolute Gasteiger partial charge is 0.249 e. The summed E-state index contributed by atoms with van der Waals surface area (Å²) in [4.78, 5) is 0. The van der Waals surface area contributed by atoms with E-state index in [9.17, 15) is 8.78 Å². The van der Waals surface area contributed by atoms with Gasteiger partial charge in [-0.05, 0) is 29.0 Å². The standard InChI is InChI=1S/C13H15ClF2/c1-8(2)9-3-4-12(14)11(5-9)10-6-13(15,16)7-10/h3-5,8,10H,6-7H2,1-2H3. The lowest BCUT2D eigenvalue weighted by atomic mass is 9.76. The van der Waals surface area contributed by atoms with Gasteiger partial charge in [0.2, 0.25) is 5.92 Å². The van der Waals surface area contributed by atoms with Gasteiger partial charge >= 0.3 is 0 Å². The molecule has 0 spiro atoms. The molecular formula is C13H15ClF2. The van der Waals surface area contributed by atoms with Crippen molar-refractivity contribution in [3.63, 3.8) is 0 Å². The van der Waals surface area contributed by atoms with Crippen molar-refractivity contribution >= 4 is 11.6 Å². The molecule has 2 rings (SSSR count). The van der Waals surface area contributed by atoms with Gasteiger partial charge in [0.05, 0.1) is 0 Å². The Morgan fingerprint density at radius 3 is 2.44 bits per heavy atom. The third-order valence-electron chi connectivity index (χ3n) is 3.22. The van der Waals surface area contributed by atoms with E-state index in [4.69, 9.17) is 11.6 Å². The maximum atomic E-state index is 12.8. The van der Waals surface area contributed by atoms with Crippen molar-refractivity contribution in [1.29, 1.82) is 0 Å². The number of hydrogen-bond acceptors (Lipinski definition) is 0. The summed E-state index contributed by atoms with van der Waals surface area (Å²) in [5.41, 5.74) is 2.05. The Labute approximate surface area is 99.6 Å². The first kappa shape index (κ1) is 11.8. The summed E-state index contributed by atoms with van der Waals surface area (Å²) < 4.78 is 25.6. The molecule has 0 N–H and O–H groups in total. The second-order valence-corrected chi connectivity index (χ2v) is 5.30. The second kappa shape index (κ2) is 3.99. The fraction of sp³-hybridized carbons (Fsp3) is 0.538. The summed E-state index contributed by atoms with van der Waals surface area (Å²) >= 11 is 6.06. The Bertz CT molecular complexity index is 391. The molecule has 0 bridgehead atoms. The number of benzene rings is 1. The van der Waals surface area contributed by atoms with Crippen molar-refractivity contribution < 1.29 is 8.78 Å². The molecule has 1 saturated carbocycles. The van der Waals surface area contributed by atoms with Crippen molar-refractivity contribution in [1.82, 2.24) is 0 Å². The van der Waals surface area contributed by atoms with Gasteiger partial charge in [-0.2, -0.15) is 0 Å². The van der Waals surface area contributed by atoms with Crippen molar-refractivity contribution in [3.05, 3.63) is 34.3 Å². The third-order valence-corrected chi connectivity index (χ3v) is 3.56. The molecular weight excluding hydrogens is 230 g/mol. The zero-order valence-corrected chi connectivity index (χ0v) is 10.2. The van der Waals surface area contributed by atoms with E-state index >= 15 is 0 Å². The van der Waals surface area contributed by atoms with Crippen LogP contribution < -0.4 is 0 Å². The molecule has 1 aliphatic carbocycles. The van der Waals surface area contributed by atoms with Gasteiger partial charge in [-0.3, -0.25) is 0 Å². The highest BCUT2D eigenvalue weighted by Gasteiger charge is 2.46. The van der Waals surface area contributed by atoms with Crippen LogP contribution in [-0.4, -0.2) is 5.92 Å². The highest BCUT2D eigenvalue weighted by Crippen LogP contribution is 2.50. The SMILES string of the molecule is CC(C)c1ccc(Cl)c(C2CC(F)(F)C2)c1. The second-order valence-electron chi connectivity index (χ2n) is 4.90. The zero-order chi connectivity index (χ0) is 11.9. The maximum absolute atomic E-state index is 12.8. The Balaban J connectivity index is 2.24. The first-order chi connectivity index (χ1) is 7.39. The molecule has 1 aromatic rings. The number of hydrogen-bond donors (Lipinski definition) is 0. The molecule has 0 unspecified atom stereocenters. The minimum absolute atomic E-state index is 0.0612. The fourth-order valence-electron chi connectivity index (χ4n) is 2.12. The quantitative estimate of drug-likeness (QED) is 0.689. The van der Waals surface area contributed by atoms with E-state index in [0.29, 0.717) is 10.9 Å². The fourth-order valence-corrected chi connectivity index (χ4v) is 2.39. The zero-order valence-electron chi connectivity index (χ0n) is 9.43. The van der Waals surface area contributed by atoms with Gasteiger partial charge in [0.25, 0.3) is 0 Å². The van der Waals surface area contributed by atoms with Crippen LogP contribution in [0.4, 0.5) is 8.78 Å². The number of rotatable bonds is 2. The van der Waals surface area contributed by atoms with Crippen molar-refractivity contribution in [2.24, 2.45) is 0 Å². The Morgan fingerprint density at radius 2 is 1.94 bits per heavy atom. The van der Waals surface area contributed by atoms with E-state index in [1.165, 1.54) is 0 Å². The normalized spacial score (nSPS) is 19.9. The van der Waals surface area contributed by atoms with Crippen LogP contribution in [0.3, 0.4) is 0 Å². The van der Waals surface area contributed by atoms with E-state index in [2.05, 4.69) is 13.8 Å². The van der Waals surface area contributed by atoms with Crippen LogP contribution in [0.5, 0.6) is 0 Å². The van der Waals surface area contributed by atoms with Gasteiger partial charge in [0.15, 0.2) is 0 Å². The van der Waals surface area contributed by atoms with Gasteiger partial charge in [0.1, 0.15) is 0 Å². The predicted octanol–water partition coefficient (Wildman–Crippen LogP) is 4.98. The first-order valence-corrected chi connectivity index (χ1v) is 5.94. The summed E-state index contributed by atoms with van der Waals surface area (Å²) in [7, 11) is 0. The maximum Gasteiger partial charge on any atom is 0.249 e. The van der Waals surface area contributed by atoms with Gasteiger partial charge in [-0.25, -0.2) is 8.78 Å². The Hall–Kier alpha value is -0.630. The molecule has 16 heavy (non-hydrogen) atoms. The average Bonchev–Trinajstić information content (AvgIpc) is 2.14. The van der Waals surface area contributed by atoms with Crippen LogP contribution in [0.2, 0.25) is 5.02 Å². The predicted molar refractivity (Wildman–Crippen MR) is 62.5 cm³/mol. The molecule has 0 aromatic heterocycles. The smallest absolute Gasteiger partial charge is 0.207 e. The van der Waals surface area contributed by atoms with E-state index in [1.807, 2.05) is 18.2 Å². The molecule has 1 aliphatic rings. The molecule has 0 aliphatic heterocycles. The lowest BCUT2D eigenvalue weighted by Crippen LogP contribution is -2.33. The van der Waals surface area contributed by atoms with E-state index < -0.39 is 5.92 Å². The van der Waals surface area contributed by atoms with Crippen LogP contribution >= 0.6 is 11.6 Å². The van der Waals surface area contributed by atoms with Gasteiger partial charge < -0.3 is 0 Å². The molecule has 0 saturated heterocycles. The minimum Gasteiger partial charge on any atom is -0.207 e.